The van der Waals surface area contributed by atoms with Gasteiger partial charge in [-0.25, -0.2) is 8.42 Å². The fourth-order valence-electron chi connectivity index (χ4n) is 1.99. The molecule has 0 spiro atoms. The van der Waals surface area contributed by atoms with Crippen molar-refractivity contribution < 1.29 is 8.42 Å². The Morgan fingerprint density at radius 3 is 2.26 bits per heavy atom. The highest BCUT2D eigenvalue weighted by Gasteiger charge is 2.19. The van der Waals surface area contributed by atoms with Crippen LogP contribution in [0.5, 0.6) is 0 Å². The van der Waals surface area contributed by atoms with E-state index >= 15 is 0 Å². The van der Waals surface area contributed by atoms with E-state index in [4.69, 9.17) is 5.73 Å². The first-order valence-electron chi connectivity index (χ1n) is 6.62. The highest BCUT2D eigenvalue weighted by molar-refractivity contribution is 7.92. The van der Waals surface area contributed by atoms with Gasteiger partial charge in [0.25, 0.3) is 0 Å². The van der Waals surface area contributed by atoms with Crippen molar-refractivity contribution in [3.8, 4) is 0 Å². The zero-order valence-electron chi connectivity index (χ0n) is 11.9. The van der Waals surface area contributed by atoms with Gasteiger partial charge < -0.3 is 5.73 Å². The SMILES string of the molecule is CCCS(=O)(=O)Nc1ccc(C(C)(C)CCN)cc1. The molecule has 0 amide bonds. The topological polar surface area (TPSA) is 72.2 Å². The quantitative estimate of drug-likeness (QED) is 0.808. The van der Waals surface area contributed by atoms with Crippen molar-refractivity contribution in [2.75, 3.05) is 17.0 Å². The molecule has 0 radical (unpaired) electrons. The maximum atomic E-state index is 11.7. The van der Waals surface area contributed by atoms with E-state index in [9.17, 15) is 8.42 Å². The predicted molar refractivity (Wildman–Crippen MR) is 80.8 cm³/mol. The van der Waals surface area contributed by atoms with Gasteiger partial charge in [-0.15, -0.1) is 0 Å². The van der Waals surface area contributed by atoms with Gasteiger partial charge in [-0.2, -0.15) is 0 Å². The summed E-state index contributed by atoms with van der Waals surface area (Å²) in [6.45, 7) is 6.75. The molecule has 0 unspecified atom stereocenters. The average molecular weight is 284 g/mol. The average Bonchev–Trinajstić information content (AvgIpc) is 2.28. The Kier molecular flexibility index (Phi) is 5.38. The molecule has 0 aliphatic rings. The number of rotatable bonds is 7. The van der Waals surface area contributed by atoms with E-state index in [2.05, 4.69) is 18.6 Å². The molecule has 19 heavy (non-hydrogen) atoms. The summed E-state index contributed by atoms with van der Waals surface area (Å²) in [4.78, 5) is 0. The molecule has 0 aliphatic carbocycles. The second-order valence-electron chi connectivity index (χ2n) is 5.42. The number of nitrogens with one attached hydrogen (secondary N) is 1. The second-order valence-corrected chi connectivity index (χ2v) is 7.26. The summed E-state index contributed by atoms with van der Waals surface area (Å²) in [5, 5.41) is 0. The van der Waals surface area contributed by atoms with Crippen LogP contribution in [-0.4, -0.2) is 20.7 Å². The number of hydrogen-bond acceptors (Lipinski definition) is 3. The van der Waals surface area contributed by atoms with Gasteiger partial charge in [-0.3, -0.25) is 4.72 Å². The molecule has 0 heterocycles. The van der Waals surface area contributed by atoms with Crippen molar-refractivity contribution in [2.45, 2.75) is 39.0 Å². The summed E-state index contributed by atoms with van der Waals surface area (Å²) in [7, 11) is -3.21. The maximum Gasteiger partial charge on any atom is 0.232 e. The maximum absolute atomic E-state index is 11.7. The van der Waals surface area contributed by atoms with Crippen LogP contribution in [-0.2, 0) is 15.4 Å². The molecule has 4 nitrogen and oxygen atoms in total. The Hall–Kier alpha value is -1.07. The third-order valence-corrected chi connectivity index (χ3v) is 4.67. The minimum Gasteiger partial charge on any atom is -0.330 e. The third-order valence-electron chi connectivity index (χ3n) is 3.18. The Bertz CT molecular complexity index is 493. The lowest BCUT2D eigenvalue weighted by Crippen LogP contribution is -2.21. The number of benzene rings is 1. The van der Waals surface area contributed by atoms with Crippen LogP contribution in [0.3, 0.4) is 0 Å². The molecule has 0 fully saturated rings. The van der Waals surface area contributed by atoms with Crippen LogP contribution in [0.2, 0.25) is 0 Å². The van der Waals surface area contributed by atoms with Gasteiger partial charge in [-0.05, 0) is 42.5 Å². The number of sulfonamides is 1. The largest absolute Gasteiger partial charge is 0.330 e. The molecular formula is C14H24N2O2S. The summed E-state index contributed by atoms with van der Waals surface area (Å²) < 4.78 is 25.9. The minimum absolute atomic E-state index is 0.00950. The van der Waals surface area contributed by atoms with Gasteiger partial charge in [0.2, 0.25) is 10.0 Å². The highest BCUT2D eigenvalue weighted by Crippen LogP contribution is 2.27. The van der Waals surface area contributed by atoms with Crippen LogP contribution in [0.15, 0.2) is 24.3 Å². The van der Waals surface area contributed by atoms with Crippen molar-refractivity contribution >= 4 is 15.7 Å². The van der Waals surface area contributed by atoms with Crippen LogP contribution >= 0.6 is 0 Å². The molecule has 0 atom stereocenters. The van der Waals surface area contributed by atoms with E-state index in [1.807, 2.05) is 19.1 Å². The number of anilines is 1. The first-order valence-corrected chi connectivity index (χ1v) is 8.27. The molecule has 1 aromatic rings. The predicted octanol–water partition coefficient (Wildman–Crippen LogP) is 2.46. The summed E-state index contributed by atoms with van der Waals surface area (Å²) in [6, 6.07) is 7.53. The van der Waals surface area contributed by atoms with Crippen molar-refractivity contribution in [1.82, 2.24) is 0 Å². The Labute approximate surface area is 116 Å². The standard InChI is InChI=1S/C14H24N2O2S/c1-4-11-19(17,18)16-13-7-5-12(6-8-13)14(2,3)9-10-15/h5-8,16H,4,9-11,15H2,1-3H3. The van der Waals surface area contributed by atoms with Gasteiger partial charge in [0.05, 0.1) is 5.75 Å². The number of nitrogens with two attached hydrogens (primary N) is 1. The molecule has 1 aromatic carbocycles. The minimum atomic E-state index is -3.21. The van der Waals surface area contributed by atoms with Crippen molar-refractivity contribution in [2.24, 2.45) is 5.73 Å². The molecule has 1 rings (SSSR count). The summed E-state index contributed by atoms with van der Waals surface area (Å²) >= 11 is 0. The Morgan fingerprint density at radius 1 is 1.21 bits per heavy atom. The lowest BCUT2D eigenvalue weighted by Gasteiger charge is -2.24. The third kappa shape index (κ3) is 4.84. The Balaban J connectivity index is 2.83. The van der Waals surface area contributed by atoms with Crippen LogP contribution in [0.25, 0.3) is 0 Å². The van der Waals surface area contributed by atoms with Crippen molar-refractivity contribution in [1.29, 1.82) is 0 Å². The second kappa shape index (κ2) is 6.39. The smallest absolute Gasteiger partial charge is 0.232 e. The summed E-state index contributed by atoms with van der Waals surface area (Å²) in [6.07, 6.45) is 1.50. The zero-order chi connectivity index (χ0) is 14.5. The van der Waals surface area contributed by atoms with E-state index in [0.29, 0.717) is 18.7 Å². The molecule has 0 saturated carbocycles. The molecular weight excluding hydrogens is 260 g/mol. The summed E-state index contributed by atoms with van der Waals surface area (Å²) in [5.74, 6) is 0.146. The first kappa shape index (κ1) is 16.0. The molecule has 108 valence electrons. The van der Waals surface area contributed by atoms with E-state index < -0.39 is 10.0 Å². The normalized spacial score (nSPS) is 12.4. The van der Waals surface area contributed by atoms with Crippen LogP contribution < -0.4 is 10.5 Å². The molecule has 3 N–H and O–H groups in total. The lowest BCUT2D eigenvalue weighted by atomic mass is 9.81. The molecule has 5 heteroatoms. The fourth-order valence-corrected chi connectivity index (χ4v) is 3.13. The fraction of sp³-hybridized carbons (Fsp3) is 0.571. The number of hydrogen-bond donors (Lipinski definition) is 2. The van der Waals surface area contributed by atoms with E-state index in [1.54, 1.807) is 12.1 Å². The van der Waals surface area contributed by atoms with E-state index in [-0.39, 0.29) is 11.2 Å². The molecule has 0 aliphatic heterocycles. The van der Waals surface area contributed by atoms with Crippen molar-refractivity contribution in [3.05, 3.63) is 29.8 Å². The van der Waals surface area contributed by atoms with Crippen LogP contribution in [0.4, 0.5) is 5.69 Å². The van der Waals surface area contributed by atoms with Gasteiger partial charge in [-0.1, -0.05) is 32.9 Å². The lowest BCUT2D eigenvalue weighted by molar-refractivity contribution is 0.488. The first-order chi connectivity index (χ1) is 8.80. The molecule has 0 aromatic heterocycles. The van der Waals surface area contributed by atoms with Gasteiger partial charge in [0, 0.05) is 5.69 Å². The van der Waals surface area contributed by atoms with Crippen LogP contribution in [0.1, 0.15) is 39.2 Å². The van der Waals surface area contributed by atoms with Crippen molar-refractivity contribution in [3.63, 3.8) is 0 Å². The van der Waals surface area contributed by atoms with Gasteiger partial charge in [0.15, 0.2) is 0 Å². The summed E-state index contributed by atoms with van der Waals surface area (Å²) in [5.41, 5.74) is 7.39. The van der Waals surface area contributed by atoms with E-state index in [0.717, 1.165) is 12.0 Å². The van der Waals surface area contributed by atoms with Gasteiger partial charge >= 0.3 is 0 Å². The molecule has 0 saturated heterocycles. The Morgan fingerprint density at radius 2 is 1.79 bits per heavy atom. The van der Waals surface area contributed by atoms with Gasteiger partial charge in [0.1, 0.15) is 0 Å². The van der Waals surface area contributed by atoms with Crippen LogP contribution in [0, 0.1) is 0 Å². The monoisotopic (exact) mass is 284 g/mol. The molecule has 0 bridgehead atoms. The van der Waals surface area contributed by atoms with E-state index in [1.165, 1.54) is 0 Å². The highest BCUT2D eigenvalue weighted by atomic mass is 32.2. The zero-order valence-corrected chi connectivity index (χ0v) is 12.8.